The van der Waals surface area contributed by atoms with Gasteiger partial charge in [0.1, 0.15) is 17.7 Å². The Bertz CT molecular complexity index is 756. The largest absolute Gasteiger partial charge is 0.388 e. The van der Waals surface area contributed by atoms with E-state index >= 15 is 0 Å². The highest BCUT2D eigenvalue weighted by Crippen LogP contribution is 2.47. The maximum atomic E-state index is 12.1. The zero-order valence-electron chi connectivity index (χ0n) is 13.2. The summed E-state index contributed by atoms with van der Waals surface area (Å²) in [4.78, 5) is 39.5. The van der Waals surface area contributed by atoms with Crippen LogP contribution in [0.4, 0.5) is 4.79 Å². The summed E-state index contributed by atoms with van der Waals surface area (Å²) in [6.45, 7) is 3.68. The van der Waals surface area contributed by atoms with Crippen molar-refractivity contribution in [3.8, 4) is 0 Å². The summed E-state index contributed by atoms with van der Waals surface area (Å²) in [6, 6.07) is -1.04. The molecule has 3 N–H and O–H groups in total. The lowest BCUT2D eigenvalue weighted by Gasteiger charge is -2.36. The molecule has 9 nitrogen and oxygen atoms in total. The average Bonchev–Trinajstić information content (AvgIpc) is 2.98. The van der Waals surface area contributed by atoms with Crippen molar-refractivity contribution in [3.05, 3.63) is 32.6 Å². The topological polar surface area (TPSA) is 117 Å². The molecular weight excluding hydrogens is 304 g/mol. The van der Waals surface area contributed by atoms with E-state index in [9.17, 15) is 19.5 Å². The van der Waals surface area contributed by atoms with Gasteiger partial charge >= 0.3 is 11.7 Å². The summed E-state index contributed by atoms with van der Waals surface area (Å²) >= 11 is 0. The van der Waals surface area contributed by atoms with Gasteiger partial charge in [0, 0.05) is 18.8 Å². The molecule has 0 radical (unpaired) electrons. The zero-order valence-corrected chi connectivity index (χ0v) is 13.2. The van der Waals surface area contributed by atoms with E-state index in [-0.39, 0.29) is 12.6 Å². The van der Waals surface area contributed by atoms with E-state index in [1.54, 1.807) is 6.92 Å². The molecule has 0 aromatic carbocycles. The van der Waals surface area contributed by atoms with Gasteiger partial charge in [-0.05, 0) is 13.3 Å². The van der Waals surface area contributed by atoms with Gasteiger partial charge in [0.05, 0.1) is 6.54 Å². The number of aliphatic hydroxyl groups is 1. The molecule has 4 atom stereocenters. The maximum absolute atomic E-state index is 12.1. The highest BCUT2D eigenvalue weighted by Gasteiger charge is 2.64. The molecule has 2 amide bonds. The first kappa shape index (κ1) is 15.8. The van der Waals surface area contributed by atoms with Crippen LogP contribution < -0.4 is 16.6 Å². The normalized spacial score (nSPS) is 32.3. The highest BCUT2D eigenvalue weighted by molar-refractivity contribution is 5.75. The second-order valence-electron chi connectivity index (χ2n) is 6.02. The number of ether oxygens (including phenoxy) is 1. The molecule has 2 bridgehead atoms. The Balaban J connectivity index is 2.08. The van der Waals surface area contributed by atoms with Gasteiger partial charge < -0.3 is 20.1 Å². The number of amides is 2. The van der Waals surface area contributed by atoms with Crippen molar-refractivity contribution in [1.82, 2.24) is 19.8 Å². The number of fused-ring (bicyclic) bond motifs is 2. The second-order valence-corrected chi connectivity index (χ2v) is 6.02. The van der Waals surface area contributed by atoms with Gasteiger partial charge in [-0.3, -0.25) is 14.3 Å². The van der Waals surface area contributed by atoms with Crippen LogP contribution in [0.1, 0.15) is 25.1 Å². The fourth-order valence-corrected chi connectivity index (χ4v) is 3.45. The molecule has 2 saturated heterocycles. The number of aromatic amines is 1. The number of morpholine rings is 1. The smallest absolute Gasteiger partial charge is 0.330 e. The van der Waals surface area contributed by atoms with Gasteiger partial charge in [0.2, 0.25) is 0 Å². The Morgan fingerprint density at radius 1 is 1.57 bits per heavy atom. The van der Waals surface area contributed by atoms with Gasteiger partial charge in [-0.1, -0.05) is 6.92 Å². The Morgan fingerprint density at radius 3 is 2.83 bits per heavy atom. The predicted octanol–water partition coefficient (Wildman–Crippen LogP) is -1.09. The molecule has 9 heteroatoms. The molecule has 1 aromatic heterocycles. The number of aromatic nitrogens is 2. The van der Waals surface area contributed by atoms with Crippen molar-refractivity contribution in [3.63, 3.8) is 0 Å². The number of rotatable bonds is 2. The number of carbonyl (C=O) groups is 1. The molecule has 0 aliphatic carbocycles. The quantitative estimate of drug-likeness (QED) is 0.639. The Labute approximate surface area is 131 Å². The van der Waals surface area contributed by atoms with E-state index in [4.69, 9.17) is 4.74 Å². The summed E-state index contributed by atoms with van der Waals surface area (Å²) in [5.41, 5.74) is -1.66. The van der Waals surface area contributed by atoms with E-state index in [1.807, 2.05) is 6.92 Å². The van der Waals surface area contributed by atoms with Crippen molar-refractivity contribution >= 4 is 6.03 Å². The molecule has 0 spiro atoms. The van der Waals surface area contributed by atoms with Gasteiger partial charge in [0.15, 0.2) is 6.23 Å². The molecule has 126 valence electrons. The third-order valence-corrected chi connectivity index (χ3v) is 4.80. The third kappa shape index (κ3) is 2.11. The molecule has 0 unspecified atom stereocenters. The predicted molar refractivity (Wildman–Crippen MR) is 80.2 cm³/mol. The van der Waals surface area contributed by atoms with Crippen LogP contribution in [0.3, 0.4) is 0 Å². The second kappa shape index (κ2) is 5.20. The van der Waals surface area contributed by atoms with Crippen LogP contribution in [0.2, 0.25) is 0 Å². The number of aliphatic hydroxyl groups excluding tert-OH is 1. The van der Waals surface area contributed by atoms with Gasteiger partial charge in [-0.25, -0.2) is 9.59 Å². The van der Waals surface area contributed by atoms with Crippen molar-refractivity contribution in [2.24, 2.45) is 0 Å². The van der Waals surface area contributed by atoms with E-state index in [1.165, 1.54) is 22.7 Å². The zero-order chi connectivity index (χ0) is 16.9. The number of likely N-dealkylation sites (tertiary alicyclic amines) is 1. The van der Waals surface area contributed by atoms with Crippen LogP contribution in [0.5, 0.6) is 0 Å². The fourth-order valence-electron chi connectivity index (χ4n) is 3.45. The van der Waals surface area contributed by atoms with Crippen molar-refractivity contribution < 1.29 is 14.6 Å². The first-order valence-corrected chi connectivity index (χ1v) is 7.51. The molecular formula is C14H20N4O5. The third-order valence-electron chi connectivity index (χ3n) is 4.80. The number of aryl methyl sites for hydroxylation is 1. The minimum absolute atomic E-state index is 0.253. The molecule has 2 aliphatic rings. The lowest BCUT2D eigenvalue weighted by atomic mass is 9.96. The lowest BCUT2D eigenvalue weighted by molar-refractivity contribution is -0.130. The molecule has 1 aromatic rings. The minimum Gasteiger partial charge on any atom is -0.388 e. The minimum atomic E-state index is -0.911. The summed E-state index contributed by atoms with van der Waals surface area (Å²) in [7, 11) is 1.51. The van der Waals surface area contributed by atoms with Gasteiger partial charge in [-0.15, -0.1) is 0 Å². The van der Waals surface area contributed by atoms with Gasteiger partial charge in [-0.2, -0.15) is 0 Å². The first-order chi connectivity index (χ1) is 10.8. The average molecular weight is 324 g/mol. The molecule has 23 heavy (non-hydrogen) atoms. The van der Waals surface area contributed by atoms with Crippen molar-refractivity contribution in [1.29, 1.82) is 0 Å². The lowest BCUT2D eigenvalue weighted by Crippen LogP contribution is -2.52. The van der Waals surface area contributed by atoms with E-state index < -0.39 is 35.2 Å². The Kier molecular flexibility index (Phi) is 3.56. The SMILES string of the molecule is CC[C@@]12CN(C(=O)NC)[C@@H]([C@H](n3cc(C)c(=O)[nH]c3=O)O1)[C@@H]2O. The Hall–Kier alpha value is -2.13. The summed E-state index contributed by atoms with van der Waals surface area (Å²) in [5, 5.41) is 13.1. The number of hydrogen-bond acceptors (Lipinski definition) is 5. The Morgan fingerprint density at radius 2 is 2.26 bits per heavy atom. The first-order valence-electron chi connectivity index (χ1n) is 7.51. The summed E-state index contributed by atoms with van der Waals surface area (Å²) in [6.07, 6.45) is 0.129. The van der Waals surface area contributed by atoms with Crippen LogP contribution >= 0.6 is 0 Å². The monoisotopic (exact) mass is 324 g/mol. The number of urea groups is 1. The molecule has 2 aliphatic heterocycles. The van der Waals surface area contributed by atoms with Crippen LogP contribution in [-0.4, -0.2) is 56.9 Å². The number of nitrogens with one attached hydrogen (secondary N) is 2. The summed E-state index contributed by atoms with van der Waals surface area (Å²) < 4.78 is 7.20. The van der Waals surface area contributed by atoms with Crippen molar-refractivity contribution in [2.75, 3.05) is 13.6 Å². The van der Waals surface area contributed by atoms with Crippen LogP contribution in [0, 0.1) is 6.92 Å². The summed E-state index contributed by atoms with van der Waals surface area (Å²) in [5.74, 6) is 0. The number of carbonyl (C=O) groups excluding carboxylic acids is 1. The van der Waals surface area contributed by atoms with E-state index in [2.05, 4.69) is 10.3 Å². The number of nitrogens with zero attached hydrogens (tertiary/aromatic N) is 2. The molecule has 0 saturated carbocycles. The highest BCUT2D eigenvalue weighted by atomic mass is 16.6. The van der Waals surface area contributed by atoms with Crippen LogP contribution in [0.25, 0.3) is 0 Å². The van der Waals surface area contributed by atoms with E-state index in [0.717, 1.165) is 0 Å². The van der Waals surface area contributed by atoms with Crippen molar-refractivity contribution in [2.45, 2.75) is 44.2 Å². The molecule has 3 rings (SSSR count). The van der Waals surface area contributed by atoms with Gasteiger partial charge in [0.25, 0.3) is 5.56 Å². The molecule has 2 fully saturated rings. The fraction of sp³-hybridized carbons (Fsp3) is 0.643. The van der Waals surface area contributed by atoms with E-state index in [0.29, 0.717) is 12.0 Å². The number of hydrogen-bond donors (Lipinski definition) is 3. The maximum Gasteiger partial charge on any atom is 0.330 e. The number of H-pyrrole nitrogens is 1. The molecule has 3 heterocycles. The van der Waals surface area contributed by atoms with Crippen LogP contribution in [0.15, 0.2) is 15.8 Å². The standard InChI is InChI=1S/C14H20N4O5/c1-4-14-6-18(12(21)15-3)8(9(14)19)11(23-14)17-5-7(2)10(20)16-13(17)22/h5,8-9,11,19H,4,6H2,1-3H3,(H,15,21)(H,16,20,22)/t8-,9+,11-,14+/m1/s1. The van der Waals surface area contributed by atoms with Crippen LogP contribution in [-0.2, 0) is 4.74 Å².